The van der Waals surface area contributed by atoms with Gasteiger partial charge < -0.3 is 10.8 Å². The Bertz CT molecular complexity index is 538. The van der Waals surface area contributed by atoms with Crippen LogP contribution in [-0.4, -0.2) is 38.0 Å². The van der Waals surface area contributed by atoms with Crippen LogP contribution >= 0.6 is 11.6 Å². The van der Waals surface area contributed by atoms with Crippen LogP contribution in [0.2, 0.25) is 5.02 Å². The van der Waals surface area contributed by atoms with Gasteiger partial charge in [-0.05, 0) is 43.9 Å². The molecule has 0 saturated heterocycles. The Morgan fingerprint density at radius 3 is 2.50 bits per heavy atom. The first-order valence-electron chi connectivity index (χ1n) is 6.43. The number of aliphatic hydroxyl groups excluding tert-OH is 1. The molecule has 0 aliphatic heterocycles. The van der Waals surface area contributed by atoms with Crippen LogP contribution < -0.4 is 5.73 Å². The zero-order chi connectivity index (χ0) is 15.3. The molecule has 0 aliphatic rings. The lowest BCUT2D eigenvalue weighted by molar-refractivity contribution is 0.281. The maximum atomic E-state index is 12.4. The van der Waals surface area contributed by atoms with E-state index in [0.717, 1.165) is 6.42 Å². The van der Waals surface area contributed by atoms with Crippen LogP contribution in [0.3, 0.4) is 0 Å². The zero-order valence-electron chi connectivity index (χ0n) is 11.8. The summed E-state index contributed by atoms with van der Waals surface area (Å²) < 4.78 is 26.0. The first kappa shape index (κ1) is 17.2. The molecule has 0 bridgehead atoms. The number of nitrogens with two attached hydrogens (primary N) is 1. The lowest BCUT2D eigenvalue weighted by Crippen LogP contribution is -2.28. The van der Waals surface area contributed by atoms with Gasteiger partial charge in [-0.2, -0.15) is 0 Å². The van der Waals surface area contributed by atoms with Crippen molar-refractivity contribution in [3.8, 4) is 0 Å². The molecule has 0 heterocycles. The molecule has 0 aromatic heterocycles. The van der Waals surface area contributed by atoms with Crippen LogP contribution in [0.1, 0.15) is 24.8 Å². The number of benzene rings is 1. The number of sulfonamides is 1. The number of rotatable bonds is 7. The summed E-state index contributed by atoms with van der Waals surface area (Å²) in [7, 11) is -2.06. The molecule has 5 nitrogen and oxygen atoms in total. The minimum atomic E-state index is -3.58. The summed E-state index contributed by atoms with van der Waals surface area (Å²) in [4.78, 5) is 0.107. The first-order valence-corrected chi connectivity index (χ1v) is 8.25. The summed E-state index contributed by atoms with van der Waals surface area (Å²) in [6, 6.07) is 2.85. The molecular formula is C13H21ClN2O3S. The number of hydrogen-bond acceptors (Lipinski definition) is 4. The van der Waals surface area contributed by atoms with Gasteiger partial charge >= 0.3 is 0 Å². The predicted molar refractivity (Wildman–Crippen MR) is 81.4 cm³/mol. The quantitative estimate of drug-likeness (QED) is 0.594. The highest BCUT2D eigenvalue weighted by molar-refractivity contribution is 7.89. The van der Waals surface area contributed by atoms with E-state index < -0.39 is 10.0 Å². The fourth-order valence-electron chi connectivity index (χ4n) is 1.75. The van der Waals surface area contributed by atoms with Gasteiger partial charge in [0.25, 0.3) is 0 Å². The summed E-state index contributed by atoms with van der Waals surface area (Å²) in [5, 5.41) is 9.04. The Morgan fingerprint density at radius 2 is 1.95 bits per heavy atom. The number of aliphatic hydroxyl groups is 1. The summed E-state index contributed by atoms with van der Waals surface area (Å²) in [6.45, 7) is 2.26. The number of anilines is 1. The van der Waals surface area contributed by atoms with Crippen molar-refractivity contribution in [2.24, 2.45) is 0 Å². The van der Waals surface area contributed by atoms with Crippen molar-refractivity contribution < 1.29 is 13.5 Å². The van der Waals surface area contributed by atoms with E-state index in [-0.39, 0.29) is 11.5 Å². The SMILES string of the molecule is Cc1c(N)cc(S(=O)(=O)N(C)CCCCCO)cc1Cl. The number of halogens is 1. The second-order valence-corrected chi connectivity index (χ2v) is 7.18. The summed E-state index contributed by atoms with van der Waals surface area (Å²) in [6.07, 6.45) is 2.16. The standard InChI is InChI=1S/C13H21ClN2O3S/c1-10-12(14)8-11(9-13(10)15)20(18,19)16(2)6-4-3-5-7-17/h8-9,17H,3-7,15H2,1-2H3. The number of nitrogen functional groups attached to an aromatic ring is 1. The van der Waals surface area contributed by atoms with Crippen molar-refractivity contribution in [2.45, 2.75) is 31.1 Å². The molecule has 1 aromatic rings. The molecule has 0 aliphatic carbocycles. The van der Waals surface area contributed by atoms with Crippen molar-refractivity contribution in [1.29, 1.82) is 0 Å². The van der Waals surface area contributed by atoms with Crippen molar-refractivity contribution in [3.63, 3.8) is 0 Å². The van der Waals surface area contributed by atoms with E-state index in [1.807, 2.05) is 0 Å². The molecule has 0 saturated carbocycles. The van der Waals surface area contributed by atoms with Crippen LogP contribution in [0.25, 0.3) is 0 Å². The molecule has 0 atom stereocenters. The van der Waals surface area contributed by atoms with Crippen LogP contribution in [0.15, 0.2) is 17.0 Å². The van der Waals surface area contributed by atoms with Gasteiger partial charge in [-0.3, -0.25) is 0 Å². The van der Waals surface area contributed by atoms with Gasteiger partial charge in [0, 0.05) is 30.9 Å². The van der Waals surface area contributed by atoms with Gasteiger partial charge in [-0.15, -0.1) is 0 Å². The first-order chi connectivity index (χ1) is 9.30. The van der Waals surface area contributed by atoms with Crippen molar-refractivity contribution in [3.05, 3.63) is 22.7 Å². The second kappa shape index (κ2) is 7.26. The monoisotopic (exact) mass is 320 g/mol. The molecule has 7 heteroatoms. The third-order valence-corrected chi connectivity index (χ3v) is 5.42. The van der Waals surface area contributed by atoms with Crippen LogP contribution in [0.5, 0.6) is 0 Å². The van der Waals surface area contributed by atoms with Gasteiger partial charge in [0.2, 0.25) is 10.0 Å². The largest absolute Gasteiger partial charge is 0.398 e. The van der Waals surface area contributed by atoms with Gasteiger partial charge in [0.1, 0.15) is 0 Å². The fraction of sp³-hybridized carbons (Fsp3) is 0.538. The van der Waals surface area contributed by atoms with Gasteiger partial charge in [-0.25, -0.2) is 12.7 Å². The van der Waals surface area contributed by atoms with E-state index in [0.29, 0.717) is 35.7 Å². The Labute approximate surface area is 125 Å². The molecule has 0 unspecified atom stereocenters. The summed E-state index contributed by atoms with van der Waals surface area (Å²) in [5.74, 6) is 0. The maximum Gasteiger partial charge on any atom is 0.242 e. The maximum absolute atomic E-state index is 12.4. The highest BCUT2D eigenvalue weighted by atomic mass is 35.5. The number of hydrogen-bond donors (Lipinski definition) is 2. The summed E-state index contributed by atoms with van der Waals surface area (Å²) in [5.41, 5.74) is 6.81. The molecule has 0 radical (unpaired) electrons. The highest BCUT2D eigenvalue weighted by Crippen LogP contribution is 2.27. The van der Waals surface area contributed by atoms with E-state index in [1.165, 1.54) is 23.5 Å². The molecule has 20 heavy (non-hydrogen) atoms. The molecule has 0 fully saturated rings. The molecule has 0 spiro atoms. The van der Waals surface area contributed by atoms with E-state index in [4.69, 9.17) is 22.4 Å². The Kier molecular flexibility index (Phi) is 6.26. The lowest BCUT2D eigenvalue weighted by atomic mass is 10.2. The van der Waals surface area contributed by atoms with E-state index in [1.54, 1.807) is 6.92 Å². The Hall–Kier alpha value is -0.820. The zero-order valence-corrected chi connectivity index (χ0v) is 13.3. The number of nitrogens with zero attached hydrogens (tertiary/aromatic N) is 1. The van der Waals surface area contributed by atoms with Crippen molar-refractivity contribution >= 4 is 27.3 Å². The van der Waals surface area contributed by atoms with Crippen molar-refractivity contribution in [1.82, 2.24) is 4.31 Å². The number of unbranched alkanes of at least 4 members (excludes halogenated alkanes) is 2. The summed E-state index contributed by atoms with van der Waals surface area (Å²) >= 11 is 5.98. The minimum Gasteiger partial charge on any atom is -0.398 e. The van der Waals surface area contributed by atoms with Gasteiger partial charge in [-0.1, -0.05) is 11.6 Å². The predicted octanol–water partition coefficient (Wildman–Crippen LogP) is 2.01. The normalized spacial score (nSPS) is 12.1. The molecule has 1 rings (SSSR count). The van der Waals surface area contributed by atoms with Crippen molar-refractivity contribution in [2.75, 3.05) is 25.9 Å². The van der Waals surface area contributed by atoms with Gasteiger partial charge in [0.05, 0.1) is 4.90 Å². The average Bonchev–Trinajstić information content (AvgIpc) is 2.40. The molecule has 0 amide bonds. The van der Waals surface area contributed by atoms with Crippen LogP contribution in [0.4, 0.5) is 5.69 Å². The Morgan fingerprint density at radius 1 is 1.30 bits per heavy atom. The topological polar surface area (TPSA) is 83.6 Å². The molecule has 1 aromatic carbocycles. The van der Waals surface area contributed by atoms with Crippen LogP contribution in [-0.2, 0) is 10.0 Å². The third-order valence-electron chi connectivity index (χ3n) is 3.20. The molecule has 114 valence electrons. The third kappa shape index (κ3) is 4.09. The van der Waals surface area contributed by atoms with E-state index >= 15 is 0 Å². The average molecular weight is 321 g/mol. The van der Waals surface area contributed by atoms with Crippen LogP contribution in [0, 0.1) is 6.92 Å². The lowest BCUT2D eigenvalue weighted by Gasteiger charge is -2.18. The highest BCUT2D eigenvalue weighted by Gasteiger charge is 2.22. The van der Waals surface area contributed by atoms with E-state index in [2.05, 4.69) is 0 Å². The molecular weight excluding hydrogens is 300 g/mol. The fourth-order valence-corrected chi connectivity index (χ4v) is 3.31. The van der Waals surface area contributed by atoms with Gasteiger partial charge in [0.15, 0.2) is 0 Å². The Balaban J connectivity index is 2.88. The second-order valence-electron chi connectivity index (χ2n) is 4.73. The smallest absolute Gasteiger partial charge is 0.242 e. The minimum absolute atomic E-state index is 0.107. The van der Waals surface area contributed by atoms with E-state index in [9.17, 15) is 8.42 Å². The molecule has 3 N–H and O–H groups in total.